The summed E-state index contributed by atoms with van der Waals surface area (Å²) in [6.07, 6.45) is 0. The first-order chi connectivity index (χ1) is 4.22. The van der Waals surface area contributed by atoms with Crippen molar-refractivity contribution in [3.63, 3.8) is 0 Å². The van der Waals surface area contributed by atoms with Crippen LogP contribution in [0.15, 0.2) is 0 Å². The van der Waals surface area contributed by atoms with E-state index in [4.69, 9.17) is 4.74 Å². The lowest BCUT2D eigenvalue weighted by Crippen LogP contribution is -2.32. The maximum Gasteiger partial charge on any atom is 0.322 e. The molecule has 1 N–H and O–H groups in total. The largest absolute Gasteiger partial charge is 0.465 e. The maximum absolute atomic E-state index is 10.7. The first kappa shape index (κ1) is 12.4. The third-order valence-electron chi connectivity index (χ3n) is 1.07. The highest BCUT2D eigenvalue weighted by molar-refractivity contribution is 5.85. The van der Waals surface area contributed by atoms with Gasteiger partial charge in [-0.05, 0) is 20.9 Å². The van der Waals surface area contributed by atoms with Gasteiger partial charge in [0.05, 0.1) is 6.61 Å². The monoisotopic (exact) mass is 167 g/mol. The van der Waals surface area contributed by atoms with E-state index >= 15 is 0 Å². The summed E-state index contributed by atoms with van der Waals surface area (Å²) in [5.74, 6) is -0.194. The van der Waals surface area contributed by atoms with E-state index < -0.39 is 0 Å². The van der Waals surface area contributed by atoms with Gasteiger partial charge in [0.2, 0.25) is 0 Å². The Bertz CT molecular complexity index is 97.7. The van der Waals surface area contributed by atoms with Crippen molar-refractivity contribution in [1.82, 2.24) is 5.32 Å². The minimum atomic E-state index is -0.194. The average molecular weight is 168 g/mol. The van der Waals surface area contributed by atoms with Crippen LogP contribution in [0.1, 0.15) is 13.8 Å². The van der Waals surface area contributed by atoms with Crippen LogP contribution in [0.25, 0.3) is 0 Å². The van der Waals surface area contributed by atoms with Crippen LogP contribution in [0.5, 0.6) is 0 Å². The Morgan fingerprint density at radius 2 is 2.20 bits per heavy atom. The van der Waals surface area contributed by atoms with Gasteiger partial charge < -0.3 is 10.1 Å². The summed E-state index contributed by atoms with van der Waals surface area (Å²) < 4.78 is 4.69. The third kappa shape index (κ3) is 4.58. The molecule has 1 atom stereocenters. The second kappa shape index (κ2) is 6.83. The average Bonchev–Trinajstić information content (AvgIpc) is 1.87. The van der Waals surface area contributed by atoms with E-state index in [9.17, 15) is 4.79 Å². The summed E-state index contributed by atoms with van der Waals surface area (Å²) in [7, 11) is 1.72. The van der Waals surface area contributed by atoms with Crippen LogP contribution >= 0.6 is 12.4 Å². The summed E-state index contributed by atoms with van der Waals surface area (Å²) >= 11 is 0. The molecule has 0 heterocycles. The summed E-state index contributed by atoms with van der Waals surface area (Å²) in [6, 6.07) is -0.190. The van der Waals surface area contributed by atoms with E-state index in [2.05, 4.69) is 5.32 Å². The molecule has 62 valence electrons. The molecule has 0 spiro atoms. The van der Waals surface area contributed by atoms with Crippen molar-refractivity contribution in [1.29, 1.82) is 0 Å². The van der Waals surface area contributed by atoms with Gasteiger partial charge in [-0.15, -0.1) is 12.4 Å². The standard InChI is InChI=1S/C6H13NO2.ClH/c1-4-9-6(8)5(2)7-3;/h5,7H,4H2,1-3H3;1H/t5-;/m1./s1. The normalized spacial score (nSPS) is 11.5. The molecular weight excluding hydrogens is 154 g/mol. The fraction of sp³-hybridized carbons (Fsp3) is 0.833. The lowest BCUT2D eigenvalue weighted by Gasteiger charge is -2.07. The zero-order chi connectivity index (χ0) is 7.28. The molecule has 0 rings (SSSR count). The maximum atomic E-state index is 10.7. The molecule has 0 unspecified atom stereocenters. The molecule has 0 saturated heterocycles. The molecule has 0 radical (unpaired) electrons. The molecule has 3 nitrogen and oxygen atoms in total. The van der Waals surface area contributed by atoms with E-state index in [1.54, 1.807) is 20.9 Å². The molecule has 0 fully saturated rings. The molecular formula is C6H14ClNO2. The van der Waals surface area contributed by atoms with Crippen LogP contribution in [-0.2, 0) is 9.53 Å². The number of rotatable bonds is 3. The SMILES string of the molecule is CCOC(=O)[C@@H](C)NC.Cl. The smallest absolute Gasteiger partial charge is 0.322 e. The number of ether oxygens (including phenoxy) is 1. The van der Waals surface area contributed by atoms with Gasteiger partial charge in [0.15, 0.2) is 0 Å². The number of nitrogens with one attached hydrogen (secondary N) is 1. The van der Waals surface area contributed by atoms with Gasteiger partial charge in [-0.25, -0.2) is 0 Å². The van der Waals surface area contributed by atoms with Crippen molar-refractivity contribution in [2.45, 2.75) is 19.9 Å². The predicted octanol–water partition coefficient (Wildman–Crippen LogP) is 0.579. The quantitative estimate of drug-likeness (QED) is 0.625. The Morgan fingerprint density at radius 1 is 1.70 bits per heavy atom. The second-order valence-electron chi connectivity index (χ2n) is 1.76. The Kier molecular flexibility index (Phi) is 8.48. The van der Waals surface area contributed by atoms with Crippen molar-refractivity contribution < 1.29 is 9.53 Å². The molecule has 0 aromatic rings. The van der Waals surface area contributed by atoms with Crippen molar-refractivity contribution in [3.8, 4) is 0 Å². The highest BCUT2D eigenvalue weighted by Gasteiger charge is 2.09. The van der Waals surface area contributed by atoms with Crippen LogP contribution < -0.4 is 5.32 Å². The predicted molar refractivity (Wildman–Crippen MR) is 42.4 cm³/mol. The fourth-order valence-corrected chi connectivity index (χ4v) is 0.385. The summed E-state index contributed by atoms with van der Waals surface area (Å²) in [6.45, 7) is 4.00. The van der Waals surface area contributed by atoms with Crippen molar-refractivity contribution in [2.75, 3.05) is 13.7 Å². The Hall–Kier alpha value is -0.280. The molecule has 0 aromatic carbocycles. The molecule has 0 aliphatic carbocycles. The molecule has 0 amide bonds. The highest BCUT2D eigenvalue weighted by atomic mass is 35.5. The van der Waals surface area contributed by atoms with Crippen LogP contribution in [0, 0.1) is 0 Å². The number of halogens is 1. The minimum absolute atomic E-state index is 0. The molecule has 0 aliphatic rings. The zero-order valence-electron chi connectivity index (χ0n) is 6.51. The number of hydrogen-bond donors (Lipinski definition) is 1. The van der Waals surface area contributed by atoms with Crippen molar-refractivity contribution in [3.05, 3.63) is 0 Å². The summed E-state index contributed by atoms with van der Waals surface area (Å²) in [4.78, 5) is 10.7. The number of esters is 1. The fourth-order valence-electron chi connectivity index (χ4n) is 0.385. The number of likely N-dealkylation sites (N-methyl/N-ethyl adjacent to an activating group) is 1. The van der Waals surface area contributed by atoms with Gasteiger partial charge in [0.25, 0.3) is 0 Å². The highest BCUT2D eigenvalue weighted by Crippen LogP contribution is 1.84. The van der Waals surface area contributed by atoms with E-state index in [-0.39, 0.29) is 24.4 Å². The topological polar surface area (TPSA) is 38.3 Å². The molecule has 0 bridgehead atoms. The van der Waals surface area contributed by atoms with E-state index in [0.717, 1.165) is 0 Å². The summed E-state index contributed by atoms with van der Waals surface area (Å²) in [5, 5.41) is 2.77. The van der Waals surface area contributed by atoms with Crippen LogP contribution in [0.3, 0.4) is 0 Å². The van der Waals surface area contributed by atoms with Crippen LogP contribution in [-0.4, -0.2) is 25.7 Å². The molecule has 0 saturated carbocycles. The lowest BCUT2D eigenvalue weighted by molar-refractivity contribution is -0.144. The first-order valence-corrected chi connectivity index (χ1v) is 3.06. The minimum Gasteiger partial charge on any atom is -0.465 e. The van der Waals surface area contributed by atoms with Crippen LogP contribution in [0.4, 0.5) is 0 Å². The molecule has 4 heteroatoms. The van der Waals surface area contributed by atoms with Gasteiger partial charge in [-0.1, -0.05) is 0 Å². The third-order valence-corrected chi connectivity index (χ3v) is 1.07. The Morgan fingerprint density at radius 3 is 2.50 bits per heavy atom. The van der Waals surface area contributed by atoms with Crippen molar-refractivity contribution in [2.24, 2.45) is 0 Å². The van der Waals surface area contributed by atoms with Gasteiger partial charge in [0, 0.05) is 0 Å². The second-order valence-corrected chi connectivity index (χ2v) is 1.76. The number of carbonyl (C=O) groups excluding carboxylic acids is 1. The number of carbonyl (C=O) groups is 1. The Labute approximate surface area is 67.5 Å². The lowest BCUT2D eigenvalue weighted by atomic mass is 10.3. The zero-order valence-corrected chi connectivity index (χ0v) is 7.33. The molecule has 0 aromatic heterocycles. The van der Waals surface area contributed by atoms with E-state index in [0.29, 0.717) is 6.61 Å². The first-order valence-electron chi connectivity index (χ1n) is 3.06. The number of hydrogen-bond acceptors (Lipinski definition) is 3. The van der Waals surface area contributed by atoms with Gasteiger partial charge in [-0.2, -0.15) is 0 Å². The van der Waals surface area contributed by atoms with Gasteiger partial charge in [0.1, 0.15) is 6.04 Å². The van der Waals surface area contributed by atoms with Gasteiger partial charge >= 0.3 is 5.97 Å². The van der Waals surface area contributed by atoms with E-state index in [1.165, 1.54) is 0 Å². The van der Waals surface area contributed by atoms with Gasteiger partial charge in [-0.3, -0.25) is 4.79 Å². The molecule has 0 aliphatic heterocycles. The van der Waals surface area contributed by atoms with Crippen molar-refractivity contribution >= 4 is 18.4 Å². The van der Waals surface area contributed by atoms with E-state index in [1.807, 2.05) is 0 Å². The molecule has 10 heavy (non-hydrogen) atoms. The Balaban J connectivity index is 0. The van der Waals surface area contributed by atoms with Crippen LogP contribution in [0.2, 0.25) is 0 Å². The summed E-state index contributed by atoms with van der Waals surface area (Å²) in [5.41, 5.74) is 0.